The molecule has 4 heteroatoms. The summed E-state index contributed by atoms with van der Waals surface area (Å²) in [6, 6.07) is 0.355. The van der Waals surface area contributed by atoms with Gasteiger partial charge in [-0.3, -0.25) is 4.79 Å². The smallest absolute Gasteiger partial charge is 0.230 e. The van der Waals surface area contributed by atoms with E-state index in [0.29, 0.717) is 12.6 Å². The third-order valence-electron chi connectivity index (χ3n) is 3.38. The Labute approximate surface area is 96.8 Å². The third-order valence-corrected chi connectivity index (χ3v) is 4.57. The Balaban J connectivity index is 2.73. The number of hydrogen-bond donors (Lipinski definition) is 1. The average Bonchev–Trinajstić information content (AvgIpc) is 2.28. The van der Waals surface area contributed by atoms with Gasteiger partial charge in [0.1, 0.15) is 0 Å². The van der Waals surface area contributed by atoms with Crippen molar-refractivity contribution in [1.29, 1.82) is 0 Å². The number of hydrogen-bond acceptors (Lipinski definition) is 3. The molecule has 15 heavy (non-hydrogen) atoms. The quantitative estimate of drug-likeness (QED) is 0.795. The fourth-order valence-corrected chi connectivity index (χ4v) is 2.77. The van der Waals surface area contributed by atoms with Gasteiger partial charge in [0.05, 0.1) is 5.41 Å². The normalized spacial score (nSPS) is 26.1. The first-order valence-corrected chi connectivity index (χ1v) is 6.79. The van der Waals surface area contributed by atoms with E-state index >= 15 is 0 Å². The van der Waals surface area contributed by atoms with Crippen molar-refractivity contribution in [3.63, 3.8) is 0 Å². The first kappa shape index (κ1) is 12.8. The van der Waals surface area contributed by atoms with Crippen LogP contribution in [0.2, 0.25) is 0 Å². The van der Waals surface area contributed by atoms with Crippen LogP contribution < -0.4 is 5.73 Å². The fourth-order valence-electron chi connectivity index (χ4n) is 1.76. The predicted molar refractivity (Wildman–Crippen MR) is 66.0 cm³/mol. The summed E-state index contributed by atoms with van der Waals surface area (Å²) in [5.41, 5.74) is 5.35. The molecule has 3 nitrogen and oxygen atoms in total. The van der Waals surface area contributed by atoms with Crippen molar-refractivity contribution in [1.82, 2.24) is 4.90 Å². The van der Waals surface area contributed by atoms with Crippen LogP contribution in [-0.4, -0.2) is 41.4 Å². The number of carbonyl (C=O) groups is 1. The SMILES string of the molecule is CCC(C)(CN)C(=O)N1CCSCC1C. The highest BCUT2D eigenvalue weighted by Gasteiger charge is 2.36. The summed E-state index contributed by atoms with van der Waals surface area (Å²) in [5, 5.41) is 0. The Morgan fingerprint density at radius 1 is 1.67 bits per heavy atom. The van der Waals surface area contributed by atoms with Gasteiger partial charge in [-0.1, -0.05) is 6.92 Å². The van der Waals surface area contributed by atoms with Crippen LogP contribution in [0.5, 0.6) is 0 Å². The lowest BCUT2D eigenvalue weighted by atomic mass is 9.85. The first-order chi connectivity index (χ1) is 7.05. The maximum Gasteiger partial charge on any atom is 0.230 e. The summed E-state index contributed by atoms with van der Waals surface area (Å²) < 4.78 is 0. The van der Waals surface area contributed by atoms with Crippen LogP contribution in [0.25, 0.3) is 0 Å². The van der Waals surface area contributed by atoms with Gasteiger partial charge in [-0.05, 0) is 20.3 Å². The number of nitrogens with two attached hydrogens (primary N) is 1. The van der Waals surface area contributed by atoms with E-state index in [2.05, 4.69) is 6.92 Å². The topological polar surface area (TPSA) is 46.3 Å². The molecule has 2 N–H and O–H groups in total. The zero-order chi connectivity index (χ0) is 11.5. The molecule has 0 aromatic rings. The van der Waals surface area contributed by atoms with E-state index in [4.69, 9.17) is 5.73 Å². The van der Waals surface area contributed by atoms with Gasteiger partial charge in [0.2, 0.25) is 5.91 Å². The van der Waals surface area contributed by atoms with Crippen LogP contribution >= 0.6 is 11.8 Å². The van der Waals surface area contributed by atoms with Crippen molar-refractivity contribution in [3.05, 3.63) is 0 Å². The number of carbonyl (C=O) groups excluding carboxylic acids is 1. The Hall–Kier alpha value is -0.220. The maximum absolute atomic E-state index is 12.3. The minimum absolute atomic E-state index is 0.236. The molecule has 0 bridgehead atoms. The highest BCUT2D eigenvalue weighted by Crippen LogP contribution is 2.26. The lowest BCUT2D eigenvalue weighted by Crippen LogP contribution is -2.52. The molecule has 2 unspecified atom stereocenters. The molecule has 1 rings (SSSR count). The summed E-state index contributed by atoms with van der Waals surface area (Å²) in [6.45, 7) is 7.45. The van der Waals surface area contributed by atoms with Crippen LogP contribution in [-0.2, 0) is 4.79 Å². The van der Waals surface area contributed by atoms with Crippen molar-refractivity contribution in [2.24, 2.45) is 11.1 Å². The van der Waals surface area contributed by atoms with Gasteiger partial charge in [-0.15, -0.1) is 0 Å². The molecule has 0 aliphatic carbocycles. The van der Waals surface area contributed by atoms with Gasteiger partial charge in [-0.25, -0.2) is 0 Å². The van der Waals surface area contributed by atoms with E-state index in [0.717, 1.165) is 24.5 Å². The van der Waals surface area contributed by atoms with Crippen molar-refractivity contribution < 1.29 is 4.79 Å². The second-order valence-electron chi connectivity index (χ2n) is 4.54. The van der Waals surface area contributed by atoms with Crippen molar-refractivity contribution in [2.45, 2.75) is 33.2 Å². The molecule has 1 heterocycles. The highest BCUT2D eigenvalue weighted by molar-refractivity contribution is 7.99. The molecule has 0 saturated carbocycles. The Kier molecular flexibility index (Phi) is 4.46. The monoisotopic (exact) mass is 230 g/mol. The Bertz CT molecular complexity index is 229. The molecule has 0 aromatic heterocycles. The van der Waals surface area contributed by atoms with Crippen molar-refractivity contribution >= 4 is 17.7 Å². The number of thioether (sulfide) groups is 1. The van der Waals surface area contributed by atoms with E-state index in [1.54, 1.807) is 0 Å². The van der Waals surface area contributed by atoms with E-state index < -0.39 is 0 Å². The molecule has 2 atom stereocenters. The molecular weight excluding hydrogens is 208 g/mol. The minimum Gasteiger partial charge on any atom is -0.338 e. The van der Waals surface area contributed by atoms with E-state index in [1.807, 2.05) is 30.5 Å². The maximum atomic E-state index is 12.3. The van der Waals surface area contributed by atoms with Crippen LogP contribution in [0, 0.1) is 5.41 Å². The largest absolute Gasteiger partial charge is 0.338 e. The molecule has 88 valence electrons. The summed E-state index contributed by atoms with van der Waals surface area (Å²) >= 11 is 1.92. The van der Waals surface area contributed by atoms with Gasteiger partial charge < -0.3 is 10.6 Å². The van der Waals surface area contributed by atoms with E-state index in [1.165, 1.54) is 0 Å². The second kappa shape index (κ2) is 5.21. The zero-order valence-corrected chi connectivity index (χ0v) is 10.8. The Morgan fingerprint density at radius 2 is 2.33 bits per heavy atom. The number of nitrogens with zero attached hydrogens (tertiary/aromatic N) is 1. The molecule has 1 aliphatic rings. The average molecular weight is 230 g/mol. The lowest BCUT2D eigenvalue weighted by molar-refractivity contribution is -0.142. The fraction of sp³-hybridized carbons (Fsp3) is 0.909. The molecule has 1 saturated heterocycles. The summed E-state index contributed by atoms with van der Waals surface area (Å²) in [4.78, 5) is 14.3. The van der Waals surface area contributed by atoms with Crippen LogP contribution in [0.15, 0.2) is 0 Å². The van der Waals surface area contributed by atoms with Gasteiger partial charge in [-0.2, -0.15) is 11.8 Å². The number of rotatable bonds is 3. The molecule has 1 fully saturated rings. The van der Waals surface area contributed by atoms with Gasteiger partial charge in [0.25, 0.3) is 0 Å². The van der Waals surface area contributed by atoms with Gasteiger partial charge in [0, 0.05) is 30.6 Å². The summed E-state index contributed by atoms with van der Waals surface area (Å²) in [5.74, 6) is 2.34. The van der Waals surface area contributed by atoms with Crippen molar-refractivity contribution in [2.75, 3.05) is 24.6 Å². The van der Waals surface area contributed by atoms with E-state index in [9.17, 15) is 4.79 Å². The lowest BCUT2D eigenvalue weighted by Gasteiger charge is -2.39. The van der Waals surface area contributed by atoms with Crippen LogP contribution in [0.1, 0.15) is 27.2 Å². The standard InChI is InChI=1S/C11H22N2OS/c1-4-11(3,8-12)10(14)13-5-6-15-7-9(13)2/h9H,4-8,12H2,1-3H3. The van der Waals surface area contributed by atoms with E-state index in [-0.39, 0.29) is 11.3 Å². The number of amides is 1. The summed E-state index contributed by atoms with van der Waals surface area (Å²) in [6.07, 6.45) is 0.818. The van der Waals surface area contributed by atoms with Crippen molar-refractivity contribution in [3.8, 4) is 0 Å². The Morgan fingerprint density at radius 3 is 2.80 bits per heavy atom. The third kappa shape index (κ3) is 2.67. The van der Waals surface area contributed by atoms with Gasteiger partial charge in [0.15, 0.2) is 0 Å². The predicted octanol–water partition coefficient (Wildman–Crippen LogP) is 1.33. The molecule has 0 spiro atoms. The molecule has 0 radical (unpaired) electrons. The second-order valence-corrected chi connectivity index (χ2v) is 5.69. The summed E-state index contributed by atoms with van der Waals surface area (Å²) in [7, 11) is 0. The molecule has 1 aliphatic heterocycles. The van der Waals surface area contributed by atoms with Crippen LogP contribution in [0.4, 0.5) is 0 Å². The molecule has 1 amide bonds. The van der Waals surface area contributed by atoms with Gasteiger partial charge >= 0.3 is 0 Å². The molecule has 0 aromatic carbocycles. The zero-order valence-electron chi connectivity index (χ0n) is 9.95. The first-order valence-electron chi connectivity index (χ1n) is 5.64. The van der Waals surface area contributed by atoms with Crippen LogP contribution in [0.3, 0.4) is 0 Å². The minimum atomic E-state index is -0.365. The highest BCUT2D eigenvalue weighted by atomic mass is 32.2. The molecular formula is C11H22N2OS.